The summed E-state index contributed by atoms with van der Waals surface area (Å²) in [5.41, 5.74) is 2.29. The van der Waals surface area contributed by atoms with Gasteiger partial charge in [0.15, 0.2) is 0 Å². The summed E-state index contributed by atoms with van der Waals surface area (Å²) in [6, 6.07) is 9.08. The van der Waals surface area contributed by atoms with Gasteiger partial charge in [-0.2, -0.15) is 0 Å². The summed E-state index contributed by atoms with van der Waals surface area (Å²) in [6.07, 6.45) is 5.02. The predicted molar refractivity (Wildman–Crippen MR) is 72.4 cm³/mol. The Bertz CT molecular complexity index is 338. The van der Waals surface area contributed by atoms with Crippen molar-refractivity contribution in [3.05, 3.63) is 29.8 Å². The van der Waals surface area contributed by atoms with E-state index in [1.54, 1.807) is 0 Å². The summed E-state index contributed by atoms with van der Waals surface area (Å²) in [4.78, 5) is 2.50. The molecule has 2 heteroatoms. The molecular weight excluding hydrogens is 210 g/mol. The van der Waals surface area contributed by atoms with E-state index in [2.05, 4.69) is 24.0 Å². The molecule has 0 aliphatic heterocycles. The van der Waals surface area contributed by atoms with Crippen LogP contribution < -0.4 is 4.90 Å². The van der Waals surface area contributed by atoms with E-state index in [4.69, 9.17) is 0 Å². The molecule has 1 unspecified atom stereocenters. The maximum Gasteiger partial charge on any atom is 0.0761 e. The minimum atomic E-state index is -0.370. The fraction of sp³-hybridized carbons (Fsp3) is 0.600. The van der Waals surface area contributed by atoms with Gasteiger partial charge in [-0.15, -0.1) is 0 Å². The van der Waals surface area contributed by atoms with Gasteiger partial charge in [-0.3, -0.25) is 0 Å². The van der Waals surface area contributed by atoms with E-state index >= 15 is 0 Å². The van der Waals surface area contributed by atoms with Crippen LogP contribution >= 0.6 is 0 Å². The van der Waals surface area contributed by atoms with Crippen molar-refractivity contribution in [1.29, 1.82) is 0 Å². The molecule has 0 saturated heterocycles. The van der Waals surface area contributed by atoms with Crippen LogP contribution in [0.2, 0.25) is 0 Å². The predicted octanol–water partition coefficient (Wildman–Crippen LogP) is 3.51. The molecule has 2 rings (SSSR count). The second-order valence-electron chi connectivity index (χ2n) is 4.99. The van der Waals surface area contributed by atoms with Crippen LogP contribution in [0.5, 0.6) is 0 Å². The van der Waals surface area contributed by atoms with Crippen molar-refractivity contribution in [2.24, 2.45) is 0 Å². The van der Waals surface area contributed by atoms with Gasteiger partial charge in [0.2, 0.25) is 0 Å². The lowest BCUT2D eigenvalue weighted by atomic mass is 10.1. The summed E-state index contributed by atoms with van der Waals surface area (Å²) in [6.45, 7) is 5.10. The summed E-state index contributed by atoms with van der Waals surface area (Å²) in [7, 11) is 0. The average molecular weight is 233 g/mol. The molecule has 1 aliphatic carbocycles. The Morgan fingerprint density at radius 3 is 2.29 bits per heavy atom. The smallest absolute Gasteiger partial charge is 0.0761 e. The number of nitrogens with zero attached hydrogens (tertiary/aromatic N) is 1. The molecule has 1 N–H and O–H groups in total. The van der Waals surface area contributed by atoms with Crippen molar-refractivity contribution in [2.75, 3.05) is 11.4 Å². The summed E-state index contributed by atoms with van der Waals surface area (Å²) in [5.74, 6) is 0. The normalized spacial score (nSPS) is 18.3. The van der Waals surface area contributed by atoms with E-state index in [9.17, 15) is 5.11 Å². The molecule has 1 fully saturated rings. The number of rotatable bonds is 4. The van der Waals surface area contributed by atoms with Crippen LogP contribution in [-0.2, 0) is 0 Å². The van der Waals surface area contributed by atoms with Gasteiger partial charge in [-0.1, -0.05) is 25.0 Å². The van der Waals surface area contributed by atoms with Crippen LogP contribution in [-0.4, -0.2) is 17.7 Å². The van der Waals surface area contributed by atoms with Crippen molar-refractivity contribution < 1.29 is 5.11 Å². The summed E-state index contributed by atoms with van der Waals surface area (Å²) < 4.78 is 0. The number of aliphatic hydroxyl groups excluding tert-OH is 1. The van der Waals surface area contributed by atoms with Crippen LogP contribution in [0.15, 0.2) is 24.3 Å². The molecule has 2 nitrogen and oxygen atoms in total. The fourth-order valence-electron chi connectivity index (χ4n) is 2.81. The van der Waals surface area contributed by atoms with E-state index in [0.717, 1.165) is 18.2 Å². The third kappa shape index (κ3) is 2.81. The number of hydrogen-bond acceptors (Lipinski definition) is 2. The van der Waals surface area contributed by atoms with Gasteiger partial charge in [-0.25, -0.2) is 0 Å². The second kappa shape index (κ2) is 5.54. The molecular formula is C15H23NO. The fourth-order valence-corrected chi connectivity index (χ4v) is 2.81. The van der Waals surface area contributed by atoms with Crippen molar-refractivity contribution >= 4 is 5.69 Å². The molecule has 0 radical (unpaired) electrons. The highest BCUT2D eigenvalue weighted by Crippen LogP contribution is 2.28. The molecule has 1 aromatic rings. The zero-order chi connectivity index (χ0) is 12.3. The summed E-state index contributed by atoms with van der Waals surface area (Å²) >= 11 is 0. The largest absolute Gasteiger partial charge is 0.389 e. The maximum absolute atomic E-state index is 9.51. The van der Waals surface area contributed by atoms with E-state index in [0.29, 0.717) is 0 Å². The van der Waals surface area contributed by atoms with Gasteiger partial charge >= 0.3 is 0 Å². The highest BCUT2D eigenvalue weighted by atomic mass is 16.3. The molecule has 0 heterocycles. The van der Waals surface area contributed by atoms with Crippen LogP contribution in [0.25, 0.3) is 0 Å². The quantitative estimate of drug-likeness (QED) is 0.860. The Morgan fingerprint density at radius 1 is 1.24 bits per heavy atom. The third-order valence-electron chi connectivity index (χ3n) is 3.81. The van der Waals surface area contributed by atoms with E-state index < -0.39 is 0 Å². The lowest BCUT2D eigenvalue weighted by Gasteiger charge is -2.30. The molecule has 0 spiro atoms. The minimum absolute atomic E-state index is 0.370. The second-order valence-corrected chi connectivity index (χ2v) is 4.99. The van der Waals surface area contributed by atoms with E-state index in [1.807, 2.05) is 19.1 Å². The van der Waals surface area contributed by atoms with Crippen molar-refractivity contribution in [3.63, 3.8) is 0 Å². The van der Waals surface area contributed by atoms with Crippen LogP contribution in [0.1, 0.15) is 51.2 Å². The molecule has 0 bridgehead atoms. The van der Waals surface area contributed by atoms with Crippen molar-refractivity contribution in [2.45, 2.75) is 51.7 Å². The minimum Gasteiger partial charge on any atom is -0.389 e. The van der Waals surface area contributed by atoms with Crippen molar-refractivity contribution in [1.82, 2.24) is 0 Å². The Balaban J connectivity index is 2.13. The first kappa shape index (κ1) is 12.4. The number of hydrogen-bond donors (Lipinski definition) is 1. The number of aliphatic hydroxyl groups is 1. The Hall–Kier alpha value is -1.02. The van der Waals surface area contributed by atoms with Crippen LogP contribution in [0, 0.1) is 0 Å². The van der Waals surface area contributed by atoms with Gasteiger partial charge in [0, 0.05) is 18.3 Å². The lowest BCUT2D eigenvalue weighted by Crippen LogP contribution is -2.32. The topological polar surface area (TPSA) is 23.5 Å². The molecule has 0 aromatic heterocycles. The van der Waals surface area contributed by atoms with Crippen LogP contribution in [0.4, 0.5) is 5.69 Å². The maximum atomic E-state index is 9.51. The molecule has 1 saturated carbocycles. The van der Waals surface area contributed by atoms with Gasteiger partial charge < -0.3 is 10.0 Å². The highest BCUT2D eigenvalue weighted by molar-refractivity contribution is 5.49. The average Bonchev–Trinajstić information content (AvgIpc) is 2.84. The molecule has 1 aromatic carbocycles. The molecule has 94 valence electrons. The third-order valence-corrected chi connectivity index (χ3v) is 3.81. The Kier molecular flexibility index (Phi) is 4.06. The van der Waals surface area contributed by atoms with Crippen LogP contribution in [0.3, 0.4) is 0 Å². The lowest BCUT2D eigenvalue weighted by molar-refractivity contribution is 0.199. The monoisotopic (exact) mass is 233 g/mol. The van der Waals surface area contributed by atoms with Gasteiger partial charge in [0.25, 0.3) is 0 Å². The standard InChI is InChI=1S/C15H23NO/c1-3-16(14-6-4-5-7-14)15-10-8-13(9-11-15)12(2)17/h8-12,14,17H,3-7H2,1-2H3. The van der Waals surface area contributed by atoms with Gasteiger partial charge in [0.05, 0.1) is 6.10 Å². The molecule has 1 aliphatic rings. The number of anilines is 1. The summed E-state index contributed by atoms with van der Waals surface area (Å²) in [5, 5.41) is 9.51. The number of benzene rings is 1. The zero-order valence-corrected chi connectivity index (χ0v) is 10.9. The molecule has 1 atom stereocenters. The molecule has 0 amide bonds. The first-order valence-corrected chi connectivity index (χ1v) is 6.77. The SMILES string of the molecule is CCN(c1ccc(C(C)O)cc1)C1CCCC1. The first-order valence-electron chi connectivity index (χ1n) is 6.77. The Labute approximate surface area is 104 Å². The van der Waals surface area contributed by atoms with Gasteiger partial charge in [0.1, 0.15) is 0 Å². The van der Waals surface area contributed by atoms with E-state index in [-0.39, 0.29) is 6.10 Å². The van der Waals surface area contributed by atoms with Gasteiger partial charge in [-0.05, 0) is 44.4 Å². The zero-order valence-electron chi connectivity index (χ0n) is 10.9. The highest BCUT2D eigenvalue weighted by Gasteiger charge is 2.21. The van der Waals surface area contributed by atoms with E-state index in [1.165, 1.54) is 31.4 Å². The first-order chi connectivity index (χ1) is 8.22. The molecule has 17 heavy (non-hydrogen) atoms. The Morgan fingerprint density at radius 2 is 1.82 bits per heavy atom. The van der Waals surface area contributed by atoms with Crippen molar-refractivity contribution in [3.8, 4) is 0 Å².